The van der Waals surface area contributed by atoms with Crippen molar-refractivity contribution < 1.29 is 32.6 Å². The maximum atomic E-state index is 9.31. The summed E-state index contributed by atoms with van der Waals surface area (Å²) in [5, 5.41) is 25.7. The average molecular weight is 892 g/mol. The van der Waals surface area contributed by atoms with Crippen LogP contribution in [0.15, 0.2) is 189 Å². The van der Waals surface area contributed by atoms with E-state index in [4.69, 9.17) is 34.2 Å². The van der Waals surface area contributed by atoms with Crippen LogP contribution < -0.4 is 10.9 Å². The van der Waals surface area contributed by atoms with Crippen molar-refractivity contribution in [2.45, 2.75) is 46.3 Å². The first-order chi connectivity index (χ1) is 31.0. The molecule has 66 heavy (non-hydrogen) atoms. The van der Waals surface area contributed by atoms with Crippen molar-refractivity contribution >= 4 is 103 Å². The lowest BCUT2D eigenvalue weighted by Gasteiger charge is -2.32. The molecule has 8 aromatic carbocycles. The van der Waals surface area contributed by atoms with E-state index in [-0.39, 0.29) is 33.2 Å². The summed E-state index contributed by atoms with van der Waals surface area (Å²) in [6.45, 7) is 8.30. The van der Waals surface area contributed by atoms with Crippen LogP contribution in [0.2, 0.25) is 5.02 Å². The summed E-state index contributed by atoms with van der Waals surface area (Å²) in [6, 6.07) is 57.9. The predicted molar refractivity (Wildman–Crippen MR) is 276 cm³/mol. The average Bonchev–Trinajstić information content (AvgIpc) is 4.05. The maximum absolute atomic E-state index is 9.31. The van der Waals surface area contributed by atoms with Crippen LogP contribution in [-0.2, 0) is 9.31 Å². The number of hydrogen-bond acceptors (Lipinski definition) is 7. The van der Waals surface area contributed by atoms with Gasteiger partial charge in [0.25, 0.3) is 0 Å². The van der Waals surface area contributed by atoms with Gasteiger partial charge in [-0.05, 0) is 109 Å². The van der Waals surface area contributed by atoms with Gasteiger partial charge >= 0.3 is 14.2 Å². The van der Waals surface area contributed by atoms with Gasteiger partial charge < -0.3 is 40.0 Å². The molecule has 1 fully saturated rings. The molecule has 0 aliphatic carbocycles. The van der Waals surface area contributed by atoms with E-state index in [9.17, 15) is 10.0 Å². The van der Waals surface area contributed by atoms with Crippen molar-refractivity contribution in [3.8, 4) is 22.3 Å². The van der Waals surface area contributed by atoms with E-state index in [1.54, 1.807) is 12.1 Å². The Labute approximate surface area is 390 Å². The van der Waals surface area contributed by atoms with Gasteiger partial charge in [0, 0.05) is 37.3 Å². The summed E-state index contributed by atoms with van der Waals surface area (Å²) < 4.78 is 29.9. The first kappa shape index (κ1) is 46.0. The third-order valence-corrected chi connectivity index (χ3v) is 12.7. The van der Waals surface area contributed by atoms with Crippen LogP contribution in [0.1, 0.15) is 35.1 Å². The van der Waals surface area contributed by atoms with E-state index in [0.717, 1.165) is 81.8 Å². The molecule has 0 unspecified atom stereocenters. The Morgan fingerprint density at radius 2 is 0.803 bits per heavy atom. The lowest BCUT2D eigenvalue weighted by atomic mass is 9.77. The highest BCUT2D eigenvalue weighted by Gasteiger charge is 2.51. The molecular weight excluding hydrogens is 842 g/mol. The highest BCUT2D eigenvalue weighted by atomic mass is 35.5. The number of para-hydroxylation sites is 3. The molecule has 0 spiro atoms. The van der Waals surface area contributed by atoms with Crippen LogP contribution in [0.5, 0.6) is 0 Å². The minimum absolute atomic E-state index is 0. The van der Waals surface area contributed by atoms with Gasteiger partial charge in [0.1, 0.15) is 33.5 Å². The van der Waals surface area contributed by atoms with E-state index in [1.807, 2.05) is 109 Å². The fourth-order valence-electron chi connectivity index (χ4n) is 8.48. The molecule has 12 rings (SSSR count). The van der Waals surface area contributed by atoms with Crippen LogP contribution >= 0.6 is 11.6 Å². The van der Waals surface area contributed by atoms with Gasteiger partial charge in [-0.25, -0.2) is 0 Å². The molecule has 1 aliphatic heterocycles. The minimum atomic E-state index is -1.48. The maximum Gasteiger partial charge on any atom is 0.494 e. The second-order valence-corrected chi connectivity index (χ2v) is 17.4. The summed E-state index contributed by atoms with van der Waals surface area (Å²) >= 11 is 5.97. The molecule has 1 aliphatic rings. The Balaban J connectivity index is 0.000000138. The minimum Gasteiger partial charge on any atom is -0.456 e. The van der Waals surface area contributed by atoms with Crippen molar-refractivity contribution in [2.24, 2.45) is 0 Å². The topological polar surface area (TPSA) is 98.3 Å². The van der Waals surface area contributed by atoms with Crippen LogP contribution in [0.3, 0.4) is 0 Å². The fraction of sp³-hybridized carbons (Fsp3) is 0.125. The Morgan fingerprint density at radius 3 is 1.24 bits per heavy atom. The molecule has 0 radical (unpaired) electrons. The van der Waals surface area contributed by atoms with Gasteiger partial charge in [-0.3, -0.25) is 0 Å². The molecule has 10 heteroatoms. The third-order valence-electron chi connectivity index (χ3n) is 12.4. The first-order valence-electron chi connectivity index (χ1n) is 21.2. The van der Waals surface area contributed by atoms with E-state index >= 15 is 0 Å². The molecule has 4 heterocycles. The standard InChI is InChI=1S/C24H23BO3.C18H11ClO.C12H9BO3.CH4.CH3/c1-23(2)24(3,4)28-25(27-23)17-14-12-16(13-15-17)18-9-7-11-21-22(18)19-8-5-6-10-20(19)26-21;19-13-10-8-12(9-11-13)14-5-3-7-17-18(14)15-4-1-2-6-16(15)20-17;14-13(15)9-5-3-7-11-12(9)8-4-1-2-6-10(8)16-11;;/h5-15H,1-4H3;1-11H;1-7,14-15H;1H4;1H3/q;;;;-1. The van der Waals surface area contributed by atoms with Gasteiger partial charge in [0.15, 0.2) is 0 Å². The number of rotatable bonds is 4. The summed E-state index contributed by atoms with van der Waals surface area (Å²) in [5.74, 6) is 0. The fourth-order valence-corrected chi connectivity index (χ4v) is 8.60. The van der Waals surface area contributed by atoms with Gasteiger partial charge in [0.2, 0.25) is 0 Å². The Hall–Kier alpha value is -6.58. The monoisotopic (exact) mass is 891 g/mol. The molecule has 330 valence electrons. The zero-order chi connectivity index (χ0) is 44.2. The largest absolute Gasteiger partial charge is 0.494 e. The Bertz CT molecular complexity index is 3440. The van der Waals surface area contributed by atoms with Crippen molar-refractivity contribution in [2.75, 3.05) is 0 Å². The van der Waals surface area contributed by atoms with E-state index < -0.39 is 7.12 Å². The summed E-state index contributed by atoms with van der Waals surface area (Å²) in [7, 11) is -1.82. The Kier molecular flexibility index (Phi) is 12.8. The highest BCUT2D eigenvalue weighted by molar-refractivity contribution is 6.63. The molecule has 0 atom stereocenters. The van der Waals surface area contributed by atoms with Crippen molar-refractivity contribution in [3.05, 3.63) is 188 Å². The SMILES string of the molecule is C.CC1(C)OB(c2ccc(-c3cccc4oc5ccccc5c34)cc2)OC1(C)C.Clc1ccc(-c2cccc3oc4ccccc4c23)cc1.OB(O)c1cccc2oc3ccccc3c12.[CH3-]. The van der Waals surface area contributed by atoms with E-state index in [1.165, 1.54) is 11.1 Å². The predicted octanol–water partition coefficient (Wildman–Crippen LogP) is 13.8. The third kappa shape index (κ3) is 8.41. The van der Waals surface area contributed by atoms with Gasteiger partial charge in [0.05, 0.1) is 11.2 Å². The smallest absolute Gasteiger partial charge is 0.456 e. The van der Waals surface area contributed by atoms with Crippen molar-refractivity contribution in [1.82, 2.24) is 0 Å². The molecule has 3 aromatic heterocycles. The highest BCUT2D eigenvalue weighted by Crippen LogP contribution is 2.39. The number of hydrogen-bond donors (Lipinski definition) is 2. The van der Waals surface area contributed by atoms with E-state index in [2.05, 4.69) is 82.3 Å². The zero-order valence-electron chi connectivity index (χ0n) is 36.7. The quantitative estimate of drug-likeness (QED) is 0.134. The lowest BCUT2D eigenvalue weighted by Crippen LogP contribution is -2.41. The number of fused-ring (bicyclic) bond motifs is 9. The zero-order valence-corrected chi connectivity index (χ0v) is 37.5. The first-order valence-corrected chi connectivity index (χ1v) is 21.6. The van der Waals surface area contributed by atoms with Crippen LogP contribution in [0.4, 0.5) is 0 Å². The van der Waals surface area contributed by atoms with Gasteiger partial charge in [-0.2, -0.15) is 0 Å². The lowest BCUT2D eigenvalue weighted by molar-refractivity contribution is 0.00578. The van der Waals surface area contributed by atoms with Crippen molar-refractivity contribution in [3.63, 3.8) is 0 Å². The summed E-state index contributed by atoms with van der Waals surface area (Å²) in [5.41, 5.74) is 10.6. The molecule has 1 saturated heterocycles. The second kappa shape index (κ2) is 18.4. The number of furan rings is 3. The molecule has 0 amide bonds. The molecule has 7 nitrogen and oxygen atoms in total. The molecule has 0 bridgehead atoms. The normalized spacial score (nSPS) is 13.8. The molecular formula is C56H50B2ClO7-. The summed E-state index contributed by atoms with van der Waals surface area (Å²) in [6.07, 6.45) is 0. The number of halogens is 1. The summed E-state index contributed by atoms with van der Waals surface area (Å²) in [4.78, 5) is 0. The van der Waals surface area contributed by atoms with Crippen LogP contribution in [-0.4, -0.2) is 35.5 Å². The van der Waals surface area contributed by atoms with Gasteiger partial charge in [-0.15, -0.1) is 0 Å². The van der Waals surface area contributed by atoms with E-state index in [0.29, 0.717) is 11.0 Å². The second-order valence-electron chi connectivity index (χ2n) is 17.0. The molecule has 2 N–H and O–H groups in total. The number of benzene rings is 8. The molecule has 11 aromatic rings. The van der Waals surface area contributed by atoms with Crippen LogP contribution in [0.25, 0.3) is 88.1 Å². The van der Waals surface area contributed by atoms with Crippen molar-refractivity contribution in [1.29, 1.82) is 0 Å². The Morgan fingerprint density at radius 1 is 0.439 bits per heavy atom. The van der Waals surface area contributed by atoms with Gasteiger partial charge in [-0.1, -0.05) is 146 Å². The molecule has 0 saturated carbocycles. The van der Waals surface area contributed by atoms with Crippen LogP contribution in [0, 0.1) is 7.43 Å².